The molecule has 1 aliphatic heterocycles. The number of phenolic OH excluding ortho intramolecular Hbond substituents is 1. The minimum Gasteiger partial charge on any atom is -0.504 e. The number of amides is 2. The van der Waals surface area contributed by atoms with E-state index in [2.05, 4.69) is 0 Å². The van der Waals surface area contributed by atoms with Crippen LogP contribution in [0.1, 0.15) is 28.4 Å². The van der Waals surface area contributed by atoms with Crippen LogP contribution in [0.3, 0.4) is 0 Å². The van der Waals surface area contributed by atoms with E-state index in [1.165, 1.54) is 6.07 Å². The van der Waals surface area contributed by atoms with Crippen LogP contribution in [-0.4, -0.2) is 46.0 Å². The van der Waals surface area contributed by atoms with Crippen LogP contribution in [0.4, 0.5) is 0 Å². The molecule has 2 amide bonds. The molecular formula is C20H17NO6. The van der Waals surface area contributed by atoms with E-state index in [1.54, 1.807) is 49.4 Å². The summed E-state index contributed by atoms with van der Waals surface area (Å²) in [7, 11) is 0. The third-order valence-electron chi connectivity index (χ3n) is 4.06. The van der Waals surface area contributed by atoms with Crippen LogP contribution in [0, 0.1) is 0 Å². The van der Waals surface area contributed by atoms with Gasteiger partial charge in [-0.05, 0) is 42.3 Å². The second-order valence-electron chi connectivity index (χ2n) is 5.85. The Morgan fingerprint density at radius 3 is 2.48 bits per heavy atom. The van der Waals surface area contributed by atoms with Crippen LogP contribution in [-0.2, 0) is 9.59 Å². The van der Waals surface area contributed by atoms with E-state index < -0.39 is 24.3 Å². The van der Waals surface area contributed by atoms with Gasteiger partial charge in [-0.3, -0.25) is 19.3 Å². The van der Waals surface area contributed by atoms with Gasteiger partial charge in [0.2, 0.25) is 0 Å². The Kier molecular flexibility index (Phi) is 4.94. The van der Waals surface area contributed by atoms with Crippen LogP contribution in [0.25, 0.3) is 11.6 Å². The summed E-state index contributed by atoms with van der Waals surface area (Å²) in [4.78, 5) is 37.1. The Morgan fingerprint density at radius 1 is 1.11 bits per heavy atom. The summed E-state index contributed by atoms with van der Waals surface area (Å²) in [6.07, 6.45) is 1.55. The Bertz CT molecular complexity index is 963. The fourth-order valence-electron chi connectivity index (χ4n) is 2.88. The first-order valence-corrected chi connectivity index (χ1v) is 8.27. The zero-order chi connectivity index (χ0) is 19.6. The zero-order valence-corrected chi connectivity index (χ0v) is 14.5. The third-order valence-corrected chi connectivity index (χ3v) is 4.06. The number of carbonyl (C=O) groups excluding carboxylic acids is 2. The van der Waals surface area contributed by atoms with Crippen molar-refractivity contribution in [2.24, 2.45) is 0 Å². The van der Waals surface area contributed by atoms with Gasteiger partial charge in [0.1, 0.15) is 6.54 Å². The summed E-state index contributed by atoms with van der Waals surface area (Å²) >= 11 is 0. The molecule has 0 unspecified atom stereocenters. The summed E-state index contributed by atoms with van der Waals surface area (Å²) in [5.41, 5.74) is 1.45. The molecule has 0 spiro atoms. The highest BCUT2D eigenvalue weighted by Crippen LogP contribution is 2.32. The molecule has 2 N–H and O–H groups in total. The van der Waals surface area contributed by atoms with Crippen molar-refractivity contribution in [1.82, 2.24) is 4.90 Å². The molecule has 0 atom stereocenters. The van der Waals surface area contributed by atoms with Crippen molar-refractivity contribution >= 4 is 29.4 Å². The Morgan fingerprint density at radius 2 is 1.81 bits per heavy atom. The van der Waals surface area contributed by atoms with Crippen LogP contribution in [0.15, 0.2) is 42.5 Å². The molecule has 0 saturated heterocycles. The average molecular weight is 367 g/mol. The lowest BCUT2D eigenvalue weighted by atomic mass is 9.92. The van der Waals surface area contributed by atoms with Crippen LogP contribution in [0.5, 0.6) is 11.5 Å². The van der Waals surface area contributed by atoms with Crippen LogP contribution in [0.2, 0.25) is 0 Å². The number of aliphatic carboxylic acids is 1. The fourth-order valence-corrected chi connectivity index (χ4v) is 2.88. The predicted molar refractivity (Wildman–Crippen MR) is 97.3 cm³/mol. The number of benzene rings is 2. The first kappa shape index (κ1) is 18.2. The smallest absolute Gasteiger partial charge is 0.323 e. The monoisotopic (exact) mass is 367 g/mol. The highest BCUT2D eigenvalue weighted by molar-refractivity contribution is 6.34. The molecule has 7 nitrogen and oxygen atoms in total. The number of fused-ring (bicyclic) bond motifs is 1. The molecule has 0 saturated carbocycles. The molecule has 0 aliphatic carbocycles. The maximum Gasteiger partial charge on any atom is 0.323 e. The quantitative estimate of drug-likeness (QED) is 0.621. The number of carboxylic acids is 1. The van der Waals surface area contributed by atoms with Crippen molar-refractivity contribution in [2.45, 2.75) is 6.92 Å². The molecule has 0 bridgehead atoms. The van der Waals surface area contributed by atoms with Crippen LogP contribution >= 0.6 is 0 Å². The second kappa shape index (κ2) is 7.33. The molecule has 0 fully saturated rings. The normalized spacial score (nSPS) is 15.0. The van der Waals surface area contributed by atoms with Gasteiger partial charge in [0.05, 0.1) is 6.61 Å². The predicted octanol–water partition coefficient (Wildman–Crippen LogP) is 2.40. The van der Waals surface area contributed by atoms with Crippen molar-refractivity contribution in [1.29, 1.82) is 0 Å². The molecule has 3 rings (SSSR count). The molecule has 7 heteroatoms. The standard InChI is InChI=1S/C20H17NO6/c1-2-27-17-10-12(7-8-16(17)22)9-15-13-5-3-4-6-14(13)19(25)21(20(15)26)11-18(23)24/h3-10,22H,2,11H2,1H3,(H,23,24)/b15-9-. The summed E-state index contributed by atoms with van der Waals surface area (Å²) in [6, 6.07) is 11.1. The van der Waals surface area contributed by atoms with Gasteiger partial charge in [-0.2, -0.15) is 0 Å². The average Bonchev–Trinajstić information content (AvgIpc) is 2.65. The number of hydrogen-bond acceptors (Lipinski definition) is 5. The maximum absolute atomic E-state index is 12.8. The van der Waals surface area contributed by atoms with Crippen molar-refractivity contribution < 1.29 is 29.3 Å². The van der Waals surface area contributed by atoms with Crippen molar-refractivity contribution in [3.8, 4) is 11.5 Å². The van der Waals surface area contributed by atoms with E-state index in [0.717, 1.165) is 0 Å². The van der Waals surface area contributed by atoms with E-state index in [9.17, 15) is 19.5 Å². The van der Waals surface area contributed by atoms with Gasteiger partial charge < -0.3 is 14.9 Å². The highest BCUT2D eigenvalue weighted by atomic mass is 16.5. The van der Waals surface area contributed by atoms with Gasteiger partial charge in [-0.25, -0.2) is 0 Å². The number of carbonyl (C=O) groups is 3. The number of aromatic hydroxyl groups is 1. The SMILES string of the molecule is CCOc1cc(/C=C2\C(=O)N(CC(=O)O)C(=O)c3ccccc32)ccc1O. The molecule has 0 aromatic heterocycles. The number of rotatable bonds is 5. The summed E-state index contributed by atoms with van der Waals surface area (Å²) in [5, 5.41) is 18.9. The van der Waals surface area contributed by atoms with Gasteiger partial charge in [-0.15, -0.1) is 0 Å². The maximum atomic E-state index is 12.8. The van der Waals surface area contributed by atoms with Gasteiger partial charge in [-0.1, -0.05) is 24.3 Å². The zero-order valence-electron chi connectivity index (χ0n) is 14.5. The number of imide groups is 1. The lowest BCUT2D eigenvalue weighted by Gasteiger charge is -2.27. The molecular weight excluding hydrogens is 350 g/mol. The number of ether oxygens (including phenoxy) is 1. The Hall–Kier alpha value is -3.61. The van der Waals surface area contributed by atoms with Crippen molar-refractivity contribution in [3.63, 3.8) is 0 Å². The van der Waals surface area contributed by atoms with Gasteiger partial charge >= 0.3 is 5.97 Å². The molecule has 1 aliphatic rings. The fraction of sp³-hybridized carbons (Fsp3) is 0.150. The van der Waals surface area contributed by atoms with E-state index in [-0.39, 0.29) is 22.6 Å². The van der Waals surface area contributed by atoms with Gasteiger partial charge in [0.15, 0.2) is 11.5 Å². The first-order chi connectivity index (χ1) is 12.9. The molecule has 0 radical (unpaired) electrons. The largest absolute Gasteiger partial charge is 0.504 e. The Labute approximate surface area is 155 Å². The third kappa shape index (κ3) is 3.52. The number of nitrogens with zero attached hydrogens (tertiary/aromatic N) is 1. The molecule has 1 heterocycles. The van der Waals surface area contributed by atoms with Crippen LogP contribution < -0.4 is 4.74 Å². The molecule has 2 aromatic rings. The lowest BCUT2D eigenvalue weighted by Crippen LogP contribution is -2.44. The molecule has 2 aromatic carbocycles. The van der Waals surface area contributed by atoms with Crippen molar-refractivity contribution in [2.75, 3.05) is 13.2 Å². The van der Waals surface area contributed by atoms with E-state index in [4.69, 9.17) is 9.84 Å². The van der Waals surface area contributed by atoms with Gasteiger partial charge in [0.25, 0.3) is 11.8 Å². The minimum absolute atomic E-state index is 0.0305. The molecule has 27 heavy (non-hydrogen) atoms. The summed E-state index contributed by atoms with van der Waals surface area (Å²) in [6.45, 7) is 1.42. The topological polar surface area (TPSA) is 104 Å². The van der Waals surface area contributed by atoms with Gasteiger partial charge in [0, 0.05) is 11.1 Å². The van der Waals surface area contributed by atoms with E-state index in [1.807, 2.05) is 0 Å². The van der Waals surface area contributed by atoms with Crippen molar-refractivity contribution in [3.05, 3.63) is 59.2 Å². The molecule has 138 valence electrons. The van der Waals surface area contributed by atoms with E-state index >= 15 is 0 Å². The first-order valence-electron chi connectivity index (χ1n) is 8.27. The number of phenols is 1. The summed E-state index contributed by atoms with van der Waals surface area (Å²) < 4.78 is 5.35. The van der Waals surface area contributed by atoms with E-state index in [0.29, 0.717) is 22.6 Å². The second-order valence-corrected chi connectivity index (χ2v) is 5.85. The minimum atomic E-state index is -1.28. The lowest BCUT2D eigenvalue weighted by molar-refractivity contribution is -0.141. The number of carboxylic acid groups (broad SMARTS) is 1. The Balaban J connectivity index is 2.12. The summed E-state index contributed by atoms with van der Waals surface area (Å²) in [5.74, 6) is -2.37. The highest BCUT2D eigenvalue weighted by Gasteiger charge is 2.35. The number of hydrogen-bond donors (Lipinski definition) is 2.